The van der Waals surface area contributed by atoms with Gasteiger partial charge in [-0.1, -0.05) is 6.07 Å². The standard InChI is InChI=1S/C13H13N5O/c1-19-8-9-6-11(14)17-13(15-9)10-7-18-5-3-2-4-12(18)16-10/h2-7H,8H2,1H3,(H2,14,15,17). The summed E-state index contributed by atoms with van der Waals surface area (Å²) in [7, 11) is 1.61. The molecular weight excluding hydrogens is 242 g/mol. The zero-order valence-electron chi connectivity index (χ0n) is 10.4. The SMILES string of the molecule is COCc1cc(N)nc(-c2cn3ccccc3n2)n1. The molecule has 3 heterocycles. The first-order chi connectivity index (χ1) is 9.26. The van der Waals surface area contributed by atoms with Crippen LogP contribution < -0.4 is 5.73 Å². The van der Waals surface area contributed by atoms with Crippen molar-refractivity contribution in [2.75, 3.05) is 12.8 Å². The quantitative estimate of drug-likeness (QED) is 0.767. The van der Waals surface area contributed by atoms with Crippen molar-refractivity contribution < 1.29 is 4.74 Å². The molecule has 3 aromatic heterocycles. The summed E-state index contributed by atoms with van der Waals surface area (Å²) < 4.78 is 6.98. The molecule has 6 heteroatoms. The van der Waals surface area contributed by atoms with E-state index in [1.165, 1.54) is 0 Å². The number of hydrogen-bond donors (Lipinski definition) is 1. The Labute approximate surface area is 109 Å². The van der Waals surface area contributed by atoms with Crippen molar-refractivity contribution in [3.05, 3.63) is 42.4 Å². The number of nitrogens with zero attached hydrogens (tertiary/aromatic N) is 4. The average molecular weight is 255 g/mol. The fraction of sp³-hybridized carbons (Fsp3) is 0.154. The minimum absolute atomic E-state index is 0.396. The number of anilines is 1. The lowest BCUT2D eigenvalue weighted by atomic mass is 10.3. The van der Waals surface area contributed by atoms with Crippen LogP contribution in [0.3, 0.4) is 0 Å². The van der Waals surface area contributed by atoms with Crippen molar-refractivity contribution in [1.82, 2.24) is 19.4 Å². The zero-order chi connectivity index (χ0) is 13.2. The fourth-order valence-corrected chi connectivity index (χ4v) is 1.90. The molecule has 96 valence electrons. The van der Waals surface area contributed by atoms with Crippen molar-refractivity contribution in [1.29, 1.82) is 0 Å². The molecule has 0 spiro atoms. The molecule has 19 heavy (non-hydrogen) atoms. The molecule has 0 saturated heterocycles. The van der Waals surface area contributed by atoms with E-state index in [4.69, 9.17) is 10.5 Å². The van der Waals surface area contributed by atoms with Gasteiger partial charge in [-0.3, -0.25) is 0 Å². The molecule has 0 radical (unpaired) electrons. The molecule has 3 rings (SSSR count). The summed E-state index contributed by atoms with van der Waals surface area (Å²) >= 11 is 0. The number of rotatable bonds is 3. The van der Waals surface area contributed by atoms with Gasteiger partial charge in [-0.25, -0.2) is 15.0 Å². The Kier molecular flexibility index (Phi) is 2.85. The van der Waals surface area contributed by atoms with Crippen molar-refractivity contribution in [3.63, 3.8) is 0 Å². The molecule has 2 N–H and O–H groups in total. The Balaban J connectivity index is 2.09. The van der Waals surface area contributed by atoms with Crippen molar-refractivity contribution in [3.8, 4) is 11.5 Å². The average Bonchev–Trinajstić information content (AvgIpc) is 2.82. The van der Waals surface area contributed by atoms with Gasteiger partial charge in [-0.15, -0.1) is 0 Å². The van der Waals surface area contributed by atoms with Gasteiger partial charge in [0.2, 0.25) is 0 Å². The molecule has 0 aliphatic carbocycles. The Morgan fingerprint density at radius 3 is 2.95 bits per heavy atom. The van der Waals surface area contributed by atoms with E-state index in [0.29, 0.717) is 23.9 Å². The monoisotopic (exact) mass is 255 g/mol. The minimum atomic E-state index is 0.396. The second-order valence-corrected chi connectivity index (χ2v) is 4.13. The second kappa shape index (κ2) is 4.66. The van der Waals surface area contributed by atoms with Crippen LogP contribution in [0.25, 0.3) is 17.2 Å². The van der Waals surface area contributed by atoms with Crippen molar-refractivity contribution >= 4 is 11.5 Å². The summed E-state index contributed by atoms with van der Waals surface area (Å²) in [6, 6.07) is 7.49. The summed E-state index contributed by atoms with van der Waals surface area (Å²) in [5.41, 5.74) is 8.05. The van der Waals surface area contributed by atoms with E-state index in [9.17, 15) is 0 Å². The van der Waals surface area contributed by atoms with Gasteiger partial charge < -0.3 is 14.9 Å². The van der Waals surface area contributed by atoms with Gasteiger partial charge in [0.05, 0.1) is 12.3 Å². The van der Waals surface area contributed by atoms with Crippen LogP contribution in [-0.4, -0.2) is 26.5 Å². The lowest BCUT2D eigenvalue weighted by Gasteiger charge is -2.02. The van der Waals surface area contributed by atoms with Gasteiger partial charge in [0.1, 0.15) is 17.2 Å². The number of pyridine rings is 1. The molecule has 3 aromatic rings. The van der Waals surface area contributed by atoms with E-state index in [0.717, 1.165) is 11.3 Å². The van der Waals surface area contributed by atoms with Crippen LogP contribution in [0, 0.1) is 0 Å². The molecule has 0 aliphatic rings. The van der Waals surface area contributed by atoms with Crippen molar-refractivity contribution in [2.24, 2.45) is 0 Å². The van der Waals surface area contributed by atoms with Crippen LogP contribution in [0.2, 0.25) is 0 Å². The zero-order valence-corrected chi connectivity index (χ0v) is 10.4. The molecule has 0 saturated carbocycles. The Morgan fingerprint density at radius 2 is 2.16 bits per heavy atom. The van der Waals surface area contributed by atoms with E-state index in [-0.39, 0.29) is 0 Å². The largest absolute Gasteiger partial charge is 0.384 e. The van der Waals surface area contributed by atoms with Gasteiger partial charge >= 0.3 is 0 Å². The number of nitrogen functional groups attached to an aromatic ring is 1. The van der Waals surface area contributed by atoms with Crippen LogP contribution in [0.4, 0.5) is 5.82 Å². The summed E-state index contributed by atoms with van der Waals surface area (Å²) in [5.74, 6) is 0.921. The first-order valence-electron chi connectivity index (χ1n) is 5.83. The maximum Gasteiger partial charge on any atom is 0.182 e. The highest BCUT2D eigenvalue weighted by Gasteiger charge is 2.09. The highest BCUT2D eigenvalue weighted by atomic mass is 16.5. The third kappa shape index (κ3) is 2.25. The Morgan fingerprint density at radius 1 is 1.26 bits per heavy atom. The van der Waals surface area contributed by atoms with E-state index in [1.54, 1.807) is 13.2 Å². The maximum atomic E-state index is 5.78. The molecule has 0 amide bonds. The fourth-order valence-electron chi connectivity index (χ4n) is 1.90. The van der Waals surface area contributed by atoms with Gasteiger partial charge in [0.15, 0.2) is 5.82 Å². The van der Waals surface area contributed by atoms with Gasteiger partial charge in [0.25, 0.3) is 0 Å². The van der Waals surface area contributed by atoms with Crippen molar-refractivity contribution in [2.45, 2.75) is 6.61 Å². The lowest BCUT2D eigenvalue weighted by molar-refractivity contribution is 0.181. The first-order valence-corrected chi connectivity index (χ1v) is 5.83. The molecule has 0 aromatic carbocycles. The first kappa shape index (κ1) is 11.6. The van der Waals surface area contributed by atoms with E-state index < -0.39 is 0 Å². The minimum Gasteiger partial charge on any atom is -0.384 e. The third-order valence-corrected chi connectivity index (χ3v) is 2.68. The number of imidazole rings is 1. The van der Waals surface area contributed by atoms with Crippen LogP contribution in [-0.2, 0) is 11.3 Å². The highest BCUT2D eigenvalue weighted by molar-refractivity contribution is 5.57. The van der Waals surface area contributed by atoms with Gasteiger partial charge in [0, 0.05) is 25.6 Å². The predicted molar refractivity (Wildman–Crippen MR) is 71.3 cm³/mol. The van der Waals surface area contributed by atoms with Gasteiger partial charge in [-0.2, -0.15) is 0 Å². The topological polar surface area (TPSA) is 78.3 Å². The van der Waals surface area contributed by atoms with Crippen LogP contribution in [0.15, 0.2) is 36.7 Å². The van der Waals surface area contributed by atoms with Gasteiger partial charge in [-0.05, 0) is 12.1 Å². The summed E-state index contributed by atoms with van der Waals surface area (Å²) in [6.45, 7) is 0.396. The third-order valence-electron chi connectivity index (χ3n) is 2.68. The highest BCUT2D eigenvalue weighted by Crippen LogP contribution is 2.17. The number of nitrogens with two attached hydrogens (primary N) is 1. The molecule has 0 fully saturated rings. The smallest absolute Gasteiger partial charge is 0.182 e. The molecule has 0 bridgehead atoms. The lowest BCUT2D eigenvalue weighted by Crippen LogP contribution is -2.01. The number of hydrogen-bond acceptors (Lipinski definition) is 5. The maximum absolute atomic E-state index is 5.78. The second-order valence-electron chi connectivity index (χ2n) is 4.13. The summed E-state index contributed by atoms with van der Waals surface area (Å²) in [4.78, 5) is 13.1. The molecule has 0 aliphatic heterocycles. The Hall–Kier alpha value is -2.47. The van der Waals surface area contributed by atoms with E-state index in [1.807, 2.05) is 35.0 Å². The van der Waals surface area contributed by atoms with Crippen LogP contribution in [0.1, 0.15) is 5.69 Å². The molecule has 0 atom stereocenters. The Bertz CT molecular complexity index is 689. The van der Waals surface area contributed by atoms with Crippen LogP contribution >= 0.6 is 0 Å². The molecule has 6 nitrogen and oxygen atoms in total. The van der Waals surface area contributed by atoms with E-state index >= 15 is 0 Å². The predicted octanol–water partition coefficient (Wildman–Crippen LogP) is 1.52. The summed E-state index contributed by atoms with van der Waals surface area (Å²) in [5, 5.41) is 0. The van der Waals surface area contributed by atoms with Crippen LogP contribution in [0.5, 0.6) is 0 Å². The number of ether oxygens (including phenoxy) is 1. The van der Waals surface area contributed by atoms with E-state index in [2.05, 4.69) is 15.0 Å². The number of methoxy groups -OCH3 is 1. The number of fused-ring (bicyclic) bond motifs is 1. The summed E-state index contributed by atoms with van der Waals surface area (Å²) in [6.07, 6.45) is 3.80. The normalized spacial score (nSPS) is 11.0. The molecule has 0 unspecified atom stereocenters. The molecular formula is C13H13N5O. The number of aromatic nitrogens is 4.